The lowest BCUT2D eigenvalue weighted by Gasteiger charge is -2.32. The first kappa shape index (κ1) is 17.4. The standard InChI is InChI=1S/C16H26N2O3S/c1-14-5-3-6-15(11-14)13-22(19,20)17-16-7-4-8-18(12-16)9-10-21-2/h3,5-6,11,16-17H,4,7-10,12-13H2,1-2H3. The van der Waals surface area contributed by atoms with Gasteiger partial charge in [0.15, 0.2) is 0 Å². The molecule has 1 aromatic rings. The molecule has 5 nitrogen and oxygen atoms in total. The van der Waals surface area contributed by atoms with E-state index in [1.54, 1.807) is 7.11 Å². The Labute approximate surface area is 133 Å². The number of piperidine rings is 1. The molecule has 0 radical (unpaired) electrons. The van der Waals surface area contributed by atoms with Crippen molar-refractivity contribution in [2.75, 3.05) is 33.4 Å². The fourth-order valence-corrected chi connectivity index (χ4v) is 4.29. The number of ether oxygens (including phenoxy) is 1. The zero-order valence-electron chi connectivity index (χ0n) is 13.4. The van der Waals surface area contributed by atoms with Crippen molar-refractivity contribution in [1.82, 2.24) is 9.62 Å². The Bertz CT molecular complexity index is 575. The van der Waals surface area contributed by atoms with Gasteiger partial charge in [0.25, 0.3) is 0 Å². The summed E-state index contributed by atoms with van der Waals surface area (Å²) in [5.74, 6) is 0.0449. The largest absolute Gasteiger partial charge is 0.383 e. The van der Waals surface area contributed by atoms with Crippen LogP contribution in [0.2, 0.25) is 0 Å². The maximum Gasteiger partial charge on any atom is 0.216 e. The van der Waals surface area contributed by atoms with Gasteiger partial charge in [-0.05, 0) is 31.9 Å². The minimum atomic E-state index is -3.30. The van der Waals surface area contributed by atoms with E-state index >= 15 is 0 Å². The molecule has 1 aliphatic rings. The fraction of sp³-hybridized carbons (Fsp3) is 0.625. The van der Waals surface area contributed by atoms with Gasteiger partial charge in [-0.3, -0.25) is 4.90 Å². The third kappa shape index (κ3) is 5.68. The number of hydrogen-bond acceptors (Lipinski definition) is 4. The van der Waals surface area contributed by atoms with Gasteiger partial charge >= 0.3 is 0 Å². The molecular formula is C16H26N2O3S. The van der Waals surface area contributed by atoms with Crippen molar-refractivity contribution < 1.29 is 13.2 Å². The van der Waals surface area contributed by atoms with Crippen LogP contribution < -0.4 is 4.72 Å². The molecule has 0 amide bonds. The second-order valence-electron chi connectivity index (χ2n) is 6.00. The van der Waals surface area contributed by atoms with Crippen LogP contribution in [0.5, 0.6) is 0 Å². The van der Waals surface area contributed by atoms with Crippen LogP contribution >= 0.6 is 0 Å². The van der Waals surface area contributed by atoms with E-state index in [4.69, 9.17) is 4.74 Å². The second-order valence-corrected chi connectivity index (χ2v) is 7.75. The number of methoxy groups -OCH3 is 1. The molecule has 0 aromatic heterocycles. The molecule has 1 unspecified atom stereocenters. The number of aryl methyl sites for hydroxylation is 1. The van der Waals surface area contributed by atoms with Crippen molar-refractivity contribution in [3.05, 3.63) is 35.4 Å². The molecule has 2 rings (SSSR count). The summed E-state index contributed by atoms with van der Waals surface area (Å²) < 4.78 is 32.6. The summed E-state index contributed by atoms with van der Waals surface area (Å²) in [5, 5.41) is 0. The van der Waals surface area contributed by atoms with E-state index in [1.165, 1.54) is 0 Å². The highest BCUT2D eigenvalue weighted by Gasteiger charge is 2.24. The first-order valence-corrected chi connectivity index (χ1v) is 9.40. The van der Waals surface area contributed by atoms with Gasteiger partial charge in [-0.1, -0.05) is 29.8 Å². The molecule has 1 aromatic carbocycles. The Balaban J connectivity index is 1.90. The van der Waals surface area contributed by atoms with E-state index < -0.39 is 10.0 Å². The third-order valence-electron chi connectivity index (χ3n) is 3.90. The van der Waals surface area contributed by atoms with E-state index in [-0.39, 0.29) is 11.8 Å². The average Bonchev–Trinajstić information content (AvgIpc) is 2.44. The minimum Gasteiger partial charge on any atom is -0.383 e. The van der Waals surface area contributed by atoms with Crippen molar-refractivity contribution in [3.63, 3.8) is 0 Å². The predicted octanol–water partition coefficient (Wildman–Crippen LogP) is 1.53. The van der Waals surface area contributed by atoms with Crippen LogP contribution in [-0.2, 0) is 20.5 Å². The smallest absolute Gasteiger partial charge is 0.216 e. The average molecular weight is 326 g/mol. The molecule has 0 bridgehead atoms. The number of rotatable bonds is 7. The minimum absolute atomic E-state index is 0.000385. The number of hydrogen-bond donors (Lipinski definition) is 1. The van der Waals surface area contributed by atoms with Gasteiger partial charge < -0.3 is 4.74 Å². The zero-order valence-corrected chi connectivity index (χ0v) is 14.2. The summed E-state index contributed by atoms with van der Waals surface area (Å²) in [6.07, 6.45) is 1.91. The summed E-state index contributed by atoms with van der Waals surface area (Å²) in [7, 11) is -1.62. The Morgan fingerprint density at radius 2 is 2.23 bits per heavy atom. The van der Waals surface area contributed by atoms with Crippen molar-refractivity contribution in [1.29, 1.82) is 0 Å². The maximum absolute atomic E-state index is 12.3. The van der Waals surface area contributed by atoms with Crippen LogP contribution in [0, 0.1) is 6.92 Å². The normalized spacial score (nSPS) is 20.2. The van der Waals surface area contributed by atoms with E-state index in [2.05, 4.69) is 9.62 Å². The first-order valence-electron chi connectivity index (χ1n) is 7.75. The van der Waals surface area contributed by atoms with Crippen LogP contribution in [-0.4, -0.2) is 52.7 Å². The molecule has 1 fully saturated rings. The fourth-order valence-electron chi connectivity index (χ4n) is 2.89. The van der Waals surface area contributed by atoms with E-state index in [1.807, 2.05) is 31.2 Å². The Morgan fingerprint density at radius 3 is 2.95 bits per heavy atom. The quantitative estimate of drug-likeness (QED) is 0.825. The monoisotopic (exact) mass is 326 g/mol. The lowest BCUT2D eigenvalue weighted by molar-refractivity contribution is 0.126. The molecule has 6 heteroatoms. The SMILES string of the molecule is COCCN1CCCC(NS(=O)(=O)Cc2cccc(C)c2)C1. The molecule has 1 aliphatic heterocycles. The molecule has 0 saturated carbocycles. The number of benzene rings is 1. The number of likely N-dealkylation sites (tertiary alicyclic amines) is 1. The Hall–Kier alpha value is -0.950. The summed E-state index contributed by atoms with van der Waals surface area (Å²) in [4.78, 5) is 2.26. The van der Waals surface area contributed by atoms with Crippen LogP contribution in [0.4, 0.5) is 0 Å². The first-order chi connectivity index (χ1) is 10.5. The molecule has 124 valence electrons. The molecule has 0 aliphatic carbocycles. The summed E-state index contributed by atoms with van der Waals surface area (Å²) in [6.45, 7) is 5.28. The predicted molar refractivity (Wildman–Crippen MR) is 88.3 cm³/mol. The molecule has 1 N–H and O–H groups in total. The van der Waals surface area contributed by atoms with Crippen LogP contribution in [0.15, 0.2) is 24.3 Å². The van der Waals surface area contributed by atoms with Gasteiger partial charge in [0.2, 0.25) is 10.0 Å². The van der Waals surface area contributed by atoms with Crippen LogP contribution in [0.1, 0.15) is 24.0 Å². The number of nitrogens with zero attached hydrogens (tertiary/aromatic N) is 1. The highest BCUT2D eigenvalue weighted by molar-refractivity contribution is 7.88. The number of nitrogens with one attached hydrogen (secondary N) is 1. The molecule has 0 spiro atoms. The van der Waals surface area contributed by atoms with Gasteiger partial charge in [-0.15, -0.1) is 0 Å². The van der Waals surface area contributed by atoms with Gasteiger partial charge in [-0.25, -0.2) is 13.1 Å². The summed E-state index contributed by atoms with van der Waals surface area (Å²) >= 11 is 0. The van der Waals surface area contributed by atoms with Crippen molar-refractivity contribution in [2.24, 2.45) is 0 Å². The van der Waals surface area contributed by atoms with Gasteiger partial charge in [0.05, 0.1) is 12.4 Å². The Kier molecular flexibility index (Phi) is 6.37. The topological polar surface area (TPSA) is 58.6 Å². The lowest BCUT2D eigenvalue weighted by atomic mass is 10.1. The maximum atomic E-state index is 12.3. The Morgan fingerprint density at radius 1 is 1.41 bits per heavy atom. The molecular weight excluding hydrogens is 300 g/mol. The van der Waals surface area contributed by atoms with E-state index in [0.717, 1.165) is 43.6 Å². The molecule has 1 heterocycles. The molecule has 22 heavy (non-hydrogen) atoms. The van der Waals surface area contributed by atoms with Gasteiger partial charge in [-0.2, -0.15) is 0 Å². The van der Waals surface area contributed by atoms with Crippen LogP contribution in [0.3, 0.4) is 0 Å². The summed E-state index contributed by atoms with van der Waals surface area (Å²) in [5.41, 5.74) is 1.91. The second kappa shape index (κ2) is 8.06. The highest BCUT2D eigenvalue weighted by Crippen LogP contribution is 2.13. The zero-order chi connectivity index (χ0) is 16.0. The highest BCUT2D eigenvalue weighted by atomic mass is 32.2. The van der Waals surface area contributed by atoms with Gasteiger partial charge in [0, 0.05) is 26.2 Å². The van der Waals surface area contributed by atoms with Crippen molar-refractivity contribution >= 4 is 10.0 Å². The number of sulfonamides is 1. The van der Waals surface area contributed by atoms with Crippen molar-refractivity contribution in [3.8, 4) is 0 Å². The van der Waals surface area contributed by atoms with E-state index in [0.29, 0.717) is 6.61 Å². The summed E-state index contributed by atoms with van der Waals surface area (Å²) in [6, 6.07) is 7.65. The van der Waals surface area contributed by atoms with E-state index in [9.17, 15) is 8.42 Å². The molecule has 1 atom stereocenters. The van der Waals surface area contributed by atoms with Crippen LogP contribution in [0.25, 0.3) is 0 Å². The third-order valence-corrected chi connectivity index (χ3v) is 5.31. The molecule has 1 saturated heterocycles. The van der Waals surface area contributed by atoms with Gasteiger partial charge in [0.1, 0.15) is 0 Å². The van der Waals surface area contributed by atoms with Crippen molar-refractivity contribution in [2.45, 2.75) is 31.6 Å². The lowest BCUT2D eigenvalue weighted by Crippen LogP contribution is -2.48.